The number of aliphatic hydroxyl groups excluding tert-OH is 1. The molecule has 0 unspecified atom stereocenters. The fourth-order valence-corrected chi connectivity index (χ4v) is 4.46. The van der Waals surface area contributed by atoms with E-state index in [2.05, 4.69) is 16.0 Å². The normalized spacial score (nSPS) is 14.9. The third-order valence-electron chi connectivity index (χ3n) is 6.09. The van der Waals surface area contributed by atoms with Gasteiger partial charge in [-0.05, 0) is 54.7 Å². The maximum absolute atomic E-state index is 13.3. The summed E-state index contributed by atoms with van der Waals surface area (Å²) in [6.07, 6.45) is 1.14. The number of nitrogens with one attached hydrogen (secondary N) is 3. The Morgan fingerprint density at radius 1 is 1.11 bits per heavy atom. The van der Waals surface area contributed by atoms with Crippen molar-refractivity contribution in [1.29, 1.82) is 0 Å². The van der Waals surface area contributed by atoms with Crippen LogP contribution in [0.5, 0.6) is 17.2 Å². The first-order valence-electron chi connectivity index (χ1n) is 11.7. The molecule has 0 radical (unpaired) electrons. The number of carbonyl (C=O) groups is 2. The first-order valence-corrected chi connectivity index (χ1v) is 11.7. The van der Waals surface area contributed by atoms with E-state index in [1.165, 1.54) is 27.2 Å². The predicted molar refractivity (Wildman–Crippen MR) is 136 cm³/mol. The van der Waals surface area contributed by atoms with Crippen molar-refractivity contribution in [2.75, 3.05) is 39.8 Å². The Morgan fingerprint density at radius 3 is 2.44 bits per heavy atom. The van der Waals surface area contributed by atoms with Gasteiger partial charge in [-0.1, -0.05) is 6.07 Å². The molecule has 0 aromatic heterocycles. The SMILES string of the molecule is COc1cc2c(c(OC)c1OC)-c1ccc(N[C@@H](C)C(=O)NCCO)c(=O)cc1[C@@H](NC(C)=O)CC2. The van der Waals surface area contributed by atoms with E-state index in [1.54, 1.807) is 26.2 Å². The molecule has 2 amide bonds. The van der Waals surface area contributed by atoms with Crippen molar-refractivity contribution >= 4 is 17.5 Å². The van der Waals surface area contributed by atoms with Crippen LogP contribution in [0.1, 0.15) is 37.4 Å². The maximum Gasteiger partial charge on any atom is 0.242 e. The summed E-state index contributed by atoms with van der Waals surface area (Å²) in [5, 5.41) is 17.4. The second-order valence-corrected chi connectivity index (χ2v) is 8.48. The van der Waals surface area contributed by atoms with Gasteiger partial charge in [-0.15, -0.1) is 0 Å². The van der Waals surface area contributed by atoms with Crippen LogP contribution in [0.15, 0.2) is 29.1 Å². The number of aryl methyl sites for hydroxylation is 1. The fraction of sp³-hybridized carbons (Fsp3) is 0.423. The molecule has 1 aliphatic carbocycles. The van der Waals surface area contributed by atoms with Crippen LogP contribution in [-0.2, 0) is 16.0 Å². The fourth-order valence-electron chi connectivity index (χ4n) is 4.46. The third-order valence-corrected chi connectivity index (χ3v) is 6.09. The lowest BCUT2D eigenvalue weighted by Crippen LogP contribution is -2.39. The Balaban J connectivity index is 2.23. The highest BCUT2D eigenvalue weighted by atomic mass is 16.5. The molecule has 2 aromatic carbocycles. The first kappa shape index (κ1) is 26.8. The third kappa shape index (κ3) is 5.54. The number of anilines is 1. The van der Waals surface area contributed by atoms with Gasteiger partial charge in [-0.2, -0.15) is 0 Å². The van der Waals surface area contributed by atoms with Gasteiger partial charge in [0.05, 0.1) is 39.7 Å². The van der Waals surface area contributed by atoms with Gasteiger partial charge in [0.1, 0.15) is 6.04 Å². The number of hydrogen-bond donors (Lipinski definition) is 4. The minimum Gasteiger partial charge on any atom is -0.493 e. The van der Waals surface area contributed by atoms with Crippen molar-refractivity contribution < 1.29 is 28.9 Å². The highest BCUT2D eigenvalue weighted by molar-refractivity contribution is 5.85. The second-order valence-electron chi connectivity index (χ2n) is 8.48. The summed E-state index contributed by atoms with van der Waals surface area (Å²) >= 11 is 0. The Hall–Kier alpha value is -3.79. The van der Waals surface area contributed by atoms with E-state index in [0.717, 1.165) is 11.1 Å². The van der Waals surface area contributed by atoms with Crippen molar-refractivity contribution in [3.63, 3.8) is 0 Å². The van der Waals surface area contributed by atoms with Gasteiger partial charge in [0, 0.05) is 19.0 Å². The van der Waals surface area contributed by atoms with Gasteiger partial charge in [-0.25, -0.2) is 0 Å². The Labute approximate surface area is 210 Å². The zero-order chi connectivity index (χ0) is 26.4. The maximum atomic E-state index is 13.3. The summed E-state index contributed by atoms with van der Waals surface area (Å²) < 4.78 is 16.9. The van der Waals surface area contributed by atoms with Crippen LogP contribution in [0.25, 0.3) is 11.1 Å². The average molecular weight is 500 g/mol. The van der Waals surface area contributed by atoms with Gasteiger partial charge < -0.3 is 35.3 Å². The molecule has 4 N–H and O–H groups in total. The van der Waals surface area contributed by atoms with Gasteiger partial charge in [-0.3, -0.25) is 14.4 Å². The lowest BCUT2D eigenvalue weighted by atomic mass is 9.95. The standard InChI is InChI=1S/C26H33N3O7/c1-14(26(33)27-10-11-30)28-20-9-7-17-18(13-21(20)32)19(29-15(2)31)8-6-16-12-22(34-3)24(35-4)25(36-5)23(16)17/h7,9,12-14,19,30H,6,8,10-11H2,1-5H3,(H,27,33)(H,28,32)(H,29,31)/t14-,19-/m0/s1. The molecule has 0 saturated heterocycles. The number of rotatable bonds is 9. The molecule has 0 aliphatic heterocycles. The van der Waals surface area contributed by atoms with Crippen LogP contribution in [0.4, 0.5) is 5.69 Å². The van der Waals surface area contributed by atoms with Crippen molar-refractivity contribution in [2.24, 2.45) is 0 Å². The molecule has 0 saturated carbocycles. The van der Waals surface area contributed by atoms with E-state index in [1.807, 2.05) is 6.07 Å². The van der Waals surface area contributed by atoms with Crippen molar-refractivity contribution in [1.82, 2.24) is 10.6 Å². The minimum atomic E-state index is -0.719. The van der Waals surface area contributed by atoms with Crippen molar-refractivity contribution in [3.8, 4) is 28.4 Å². The van der Waals surface area contributed by atoms with E-state index in [9.17, 15) is 14.4 Å². The lowest BCUT2D eigenvalue weighted by Gasteiger charge is -2.19. The number of benzene rings is 1. The van der Waals surface area contributed by atoms with E-state index in [4.69, 9.17) is 19.3 Å². The Morgan fingerprint density at radius 2 is 1.83 bits per heavy atom. The van der Waals surface area contributed by atoms with Crippen LogP contribution in [0, 0.1) is 0 Å². The van der Waals surface area contributed by atoms with Crippen LogP contribution in [-0.4, -0.2) is 57.4 Å². The molecule has 2 aromatic rings. The molecule has 10 nitrogen and oxygen atoms in total. The predicted octanol–water partition coefficient (Wildman–Crippen LogP) is 1.77. The topological polar surface area (TPSA) is 135 Å². The molecule has 0 bridgehead atoms. The average Bonchev–Trinajstić information content (AvgIpc) is 3.10. The quantitative estimate of drug-likeness (QED) is 0.410. The van der Waals surface area contributed by atoms with E-state index < -0.39 is 12.1 Å². The van der Waals surface area contributed by atoms with Crippen molar-refractivity contribution in [3.05, 3.63) is 45.6 Å². The molecule has 194 valence electrons. The number of hydrogen-bond acceptors (Lipinski definition) is 8. The summed E-state index contributed by atoms with van der Waals surface area (Å²) in [5.74, 6) is 0.829. The highest BCUT2D eigenvalue weighted by Gasteiger charge is 2.29. The minimum absolute atomic E-state index is 0.117. The van der Waals surface area contributed by atoms with Gasteiger partial charge in [0.15, 0.2) is 11.5 Å². The molecule has 0 spiro atoms. The largest absolute Gasteiger partial charge is 0.493 e. The van der Waals surface area contributed by atoms with E-state index in [-0.39, 0.29) is 36.1 Å². The van der Waals surface area contributed by atoms with Gasteiger partial charge in [0.2, 0.25) is 23.0 Å². The summed E-state index contributed by atoms with van der Waals surface area (Å²) in [6.45, 7) is 3.00. The van der Waals surface area contributed by atoms with Crippen LogP contribution in [0.2, 0.25) is 0 Å². The van der Waals surface area contributed by atoms with E-state index >= 15 is 0 Å². The molecule has 0 heterocycles. The summed E-state index contributed by atoms with van der Waals surface area (Å²) in [5.41, 5.74) is 2.87. The summed E-state index contributed by atoms with van der Waals surface area (Å²) in [4.78, 5) is 37.6. The zero-order valence-corrected chi connectivity index (χ0v) is 21.2. The van der Waals surface area contributed by atoms with Crippen molar-refractivity contribution in [2.45, 2.75) is 38.8 Å². The van der Waals surface area contributed by atoms with Crippen LogP contribution in [0.3, 0.4) is 0 Å². The number of methoxy groups -OCH3 is 3. The Bertz CT molecular complexity index is 1200. The first-order chi connectivity index (χ1) is 17.2. The van der Waals surface area contributed by atoms with Gasteiger partial charge in [0.25, 0.3) is 0 Å². The number of aliphatic hydroxyl groups is 1. The number of amides is 2. The number of ether oxygens (including phenoxy) is 3. The number of carbonyl (C=O) groups excluding carboxylic acids is 2. The number of fused-ring (bicyclic) bond motifs is 3. The summed E-state index contributed by atoms with van der Waals surface area (Å²) in [6, 6.07) is 5.63. The monoisotopic (exact) mass is 499 g/mol. The highest BCUT2D eigenvalue weighted by Crippen LogP contribution is 2.50. The Kier molecular flexibility index (Phi) is 8.76. The smallest absolute Gasteiger partial charge is 0.242 e. The lowest BCUT2D eigenvalue weighted by molar-refractivity contribution is -0.121. The summed E-state index contributed by atoms with van der Waals surface area (Å²) in [7, 11) is 4.61. The molecule has 2 atom stereocenters. The molecular formula is C26H33N3O7. The molecule has 0 fully saturated rings. The molecule has 1 aliphatic rings. The zero-order valence-electron chi connectivity index (χ0n) is 21.2. The van der Waals surface area contributed by atoms with Gasteiger partial charge >= 0.3 is 0 Å². The van der Waals surface area contributed by atoms with Crippen LogP contribution >= 0.6 is 0 Å². The molecular weight excluding hydrogens is 466 g/mol. The van der Waals surface area contributed by atoms with E-state index in [0.29, 0.717) is 41.2 Å². The second kappa shape index (κ2) is 11.8. The molecule has 3 rings (SSSR count). The molecule has 10 heteroatoms. The van der Waals surface area contributed by atoms with Crippen LogP contribution < -0.4 is 35.6 Å². The molecule has 36 heavy (non-hydrogen) atoms.